The van der Waals surface area contributed by atoms with Gasteiger partial charge in [0, 0.05) is 32.4 Å². The summed E-state index contributed by atoms with van der Waals surface area (Å²) < 4.78 is 25.4. The first kappa shape index (κ1) is 16.3. The van der Waals surface area contributed by atoms with E-state index >= 15 is 0 Å². The molecule has 0 amide bonds. The average Bonchev–Trinajstić information content (AvgIpc) is 2.48. The zero-order valence-corrected chi connectivity index (χ0v) is 13.8. The van der Waals surface area contributed by atoms with Crippen LogP contribution in [0.4, 0.5) is 5.69 Å². The highest BCUT2D eigenvalue weighted by Crippen LogP contribution is 2.28. The Hall–Kier alpha value is -1.11. The van der Waals surface area contributed by atoms with Crippen molar-refractivity contribution in [2.75, 3.05) is 32.1 Å². The summed E-state index contributed by atoms with van der Waals surface area (Å²) in [5.74, 6) is 0.520. The Balaban J connectivity index is 2.22. The van der Waals surface area contributed by atoms with Gasteiger partial charge in [0.2, 0.25) is 10.0 Å². The van der Waals surface area contributed by atoms with E-state index < -0.39 is 10.0 Å². The van der Waals surface area contributed by atoms with Crippen molar-refractivity contribution in [3.63, 3.8) is 0 Å². The second kappa shape index (κ2) is 6.34. The number of hydrogen-bond donors (Lipinski definition) is 1. The van der Waals surface area contributed by atoms with Crippen molar-refractivity contribution < 1.29 is 8.42 Å². The number of hydrogen-bond acceptors (Lipinski definition) is 4. The minimum absolute atomic E-state index is 0.330. The number of anilines is 1. The van der Waals surface area contributed by atoms with Gasteiger partial charge in [-0.3, -0.25) is 0 Å². The van der Waals surface area contributed by atoms with Gasteiger partial charge in [0.05, 0.1) is 4.90 Å². The van der Waals surface area contributed by atoms with Gasteiger partial charge in [-0.15, -0.1) is 0 Å². The van der Waals surface area contributed by atoms with Crippen molar-refractivity contribution in [2.45, 2.75) is 30.7 Å². The molecule has 118 valence electrons. The monoisotopic (exact) mass is 311 g/mol. The molecule has 0 spiro atoms. The Morgan fingerprint density at radius 1 is 1.24 bits per heavy atom. The van der Waals surface area contributed by atoms with E-state index in [1.807, 2.05) is 12.1 Å². The molecule has 1 aliphatic rings. The summed E-state index contributed by atoms with van der Waals surface area (Å²) in [6.07, 6.45) is 2.29. The lowest BCUT2D eigenvalue weighted by Crippen LogP contribution is -2.43. The molecule has 1 fully saturated rings. The molecule has 2 N–H and O–H groups in total. The van der Waals surface area contributed by atoms with Gasteiger partial charge in [-0.05, 0) is 56.5 Å². The number of piperidine rings is 1. The number of nitrogens with two attached hydrogens (primary N) is 1. The lowest BCUT2D eigenvalue weighted by atomic mass is 9.93. The predicted octanol–water partition coefficient (Wildman–Crippen LogP) is 1.50. The molecule has 1 aliphatic heterocycles. The van der Waals surface area contributed by atoms with Gasteiger partial charge in [0.15, 0.2) is 0 Å². The highest BCUT2D eigenvalue weighted by molar-refractivity contribution is 7.89. The van der Waals surface area contributed by atoms with Crippen LogP contribution in [0.5, 0.6) is 0 Å². The van der Waals surface area contributed by atoms with Gasteiger partial charge in [-0.25, -0.2) is 12.7 Å². The van der Waals surface area contributed by atoms with Crippen LogP contribution in [-0.2, 0) is 10.0 Å². The quantitative estimate of drug-likeness (QED) is 0.915. The second-order valence-electron chi connectivity index (χ2n) is 5.96. The zero-order chi connectivity index (χ0) is 15.6. The van der Waals surface area contributed by atoms with Crippen LogP contribution < -0.4 is 10.6 Å². The molecule has 0 bridgehead atoms. The maximum atomic E-state index is 12.1. The number of nitrogens with zero attached hydrogens (tertiary/aromatic N) is 2. The van der Waals surface area contributed by atoms with Gasteiger partial charge < -0.3 is 10.6 Å². The first-order valence-electron chi connectivity index (χ1n) is 7.35. The van der Waals surface area contributed by atoms with E-state index in [0.717, 1.165) is 18.7 Å². The van der Waals surface area contributed by atoms with Gasteiger partial charge in [-0.2, -0.15) is 0 Å². The van der Waals surface area contributed by atoms with Crippen LogP contribution in [0.2, 0.25) is 0 Å². The second-order valence-corrected chi connectivity index (χ2v) is 8.11. The van der Waals surface area contributed by atoms with E-state index in [-0.39, 0.29) is 0 Å². The molecule has 5 nitrogen and oxygen atoms in total. The fourth-order valence-electron chi connectivity index (χ4n) is 2.75. The molecular formula is C15H25N3O2S. The zero-order valence-electron chi connectivity index (χ0n) is 13.0. The van der Waals surface area contributed by atoms with Crippen LogP contribution >= 0.6 is 0 Å². The Labute approximate surface area is 127 Å². The molecule has 1 aromatic rings. The summed E-state index contributed by atoms with van der Waals surface area (Å²) in [5.41, 5.74) is 6.86. The summed E-state index contributed by atoms with van der Waals surface area (Å²) in [7, 11) is -0.272. The molecule has 0 radical (unpaired) electrons. The van der Waals surface area contributed by atoms with Crippen molar-refractivity contribution in [1.82, 2.24) is 4.31 Å². The first-order valence-corrected chi connectivity index (χ1v) is 8.79. The Bertz CT molecular complexity index is 569. The third kappa shape index (κ3) is 3.39. The first-order chi connectivity index (χ1) is 9.86. The minimum Gasteiger partial charge on any atom is -0.369 e. The highest BCUT2D eigenvalue weighted by atomic mass is 32.2. The molecule has 2 atom stereocenters. The van der Waals surface area contributed by atoms with E-state index in [2.05, 4.69) is 11.8 Å². The van der Waals surface area contributed by atoms with Crippen LogP contribution in [0, 0.1) is 5.92 Å². The molecule has 0 saturated carbocycles. The van der Waals surface area contributed by atoms with Crippen molar-refractivity contribution >= 4 is 15.7 Å². The van der Waals surface area contributed by atoms with Gasteiger partial charge >= 0.3 is 0 Å². The van der Waals surface area contributed by atoms with Crippen molar-refractivity contribution in [1.29, 1.82) is 0 Å². The fraction of sp³-hybridized carbons (Fsp3) is 0.600. The molecule has 1 aromatic carbocycles. The van der Waals surface area contributed by atoms with E-state index in [9.17, 15) is 8.42 Å². The van der Waals surface area contributed by atoms with Gasteiger partial charge in [-0.1, -0.05) is 0 Å². The number of benzene rings is 1. The molecule has 21 heavy (non-hydrogen) atoms. The molecule has 1 heterocycles. The minimum atomic E-state index is -3.36. The summed E-state index contributed by atoms with van der Waals surface area (Å²) in [6.45, 7) is 3.85. The van der Waals surface area contributed by atoms with E-state index in [0.29, 0.717) is 23.4 Å². The SMILES string of the molecule is CC1CCC(CN)CN1c1ccc(S(=O)(=O)N(C)C)cc1. The lowest BCUT2D eigenvalue weighted by Gasteiger charge is -2.39. The van der Waals surface area contributed by atoms with Crippen LogP contribution in [0.25, 0.3) is 0 Å². The normalized spacial score (nSPS) is 23.6. The molecule has 2 rings (SSSR count). The fourth-order valence-corrected chi connectivity index (χ4v) is 3.66. The van der Waals surface area contributed by atoms with E-state index in [4.69, 9.17) is 5.73 Å². The smallest absolute Gasteiger partial charge is 0.242 e. The number of sulfonamides is 1. The Morgan fingerprint density at radius 2 is 1.86 bits per heavy atom. The van der Waals surface area contributed by atoms with Gasteiger partial charge in [0.25, 0.3) is 0 Å². The van der Waals surface area contributed by atoms with Crippen molar-refractivity contribution in [3.8, 4) is 0 Å². The maximum absolute atomic E-state index is 12.1. The van der Waals surface area contributed by atoms with Crippen LogP contribution in [0.15, 0.2) is 29.2 Å². The molecule has 0 aliphatic carbocycles. The Morgan fingerprint density at radius 3 is 2.38 bits per heavy atom. The van der Waals surface area contributed by atoms with Crippen LogP contribution in [0.1, 0.15) is 19.8 Å². The third-order valence-corrected chi connectivity index (χ3v) is 6.09. The predicted molar refractivity (Wildman–Crippen MR) is 85.9 cm³/mol. The van der Waals surface area contributed by atoms with Crippen LogP contribution in [-0.4, -0.2) is 45.9 Å². The summed E-state index contributed by atoms with van der Waals surface area (Å²) in [5, 5.41) is 0. The molecule has 6 heteroatoms. The summed E-state index contributed by atoms with van der Waals surface area (Å²) >= 11 is 0. The molecular weight excluding hydrogens is 286 g/mol. The van der Waals surface area contributed by atoms with Crippen molar-refractivity contribution in [3.05, 3.63) is 24.3 Å². The Kier molecular flexibility index (Phi) is 4.91. The number of rotatable bonds is 4. The largest absolute Gasteiger partial charge is 0.369 e. The van der Waals surface area contributed by atoms with E-state index in [1.165, 1.54) is 10.7 Å². The molecule has 2 unspecified atom stereocenters. The van der Waals surface area contributed by atoms with Crippen LogP contribution in [0.3, 0.4) is 0 Å². The summed E-state index contributed by atoms with van der Waals surface area (Å²) in [4.78, 5) is 2.66. The highest BCUT2D eigenvalue weighted by Gasteiger charge is 2.25. The summed E-state index contributed by atoms with van der Waals surface area (Å²) in [6, 6.07) is 7.62. The molecule has 0 aromatic heterocycles. The average molecular weight is 311 g/mol. The van der Waals surface area contributed by atoms with Gasteiger partial charge in [0.1, 0.15) is 0 Å². The lowest BCUT2D eigenvalue weighted by molar-refractivity contribution is 0.374. The standard InChI is InChI=1S/C15H25N3O2S/c1-12-4-5-13(10-16)11-18(12)14-6-8-15(9-7-14)21(19,20)17(2)3/h6-9,12-13H,4-5,10-11,16H2,1-3H3. The van der Waals surface area contributed by atoms with Crippen molar-refractivity contribution in [2.24, 2.45) is 11.7 Å². The third-order valence-electron chi connectivity index (χ3n) is 4.26. The molecule has 1 saturated heterocycles. The van der Waals surface area contributed by atoms with E-state index in [1.54, 1.807) is 26.2 Å². The maximum Gasteiger partial charge on any atom is 0.242 e. The topological polar surface area (TPSA) is 66.6 Å².